The highest BCUT2D eigenvalue weighted by Gasteiger charge is 2.53. The Labute approximate surface area is 160 Å². The molecule has 2 atom stereocenters. The average molecular weight is 363 g/mol. The summed E-state index contributed by atoms with van der Waals surface area (Å²) in [6, 6.07) is 13.0. The second kappa shape index (κ2) is 6.01. The topological polar surface area (TPSA) is 38.8 Å². The Kier molecular flexibility index (Phi) is 3.71. The van der Waals surface area contributed by atoms with Crippen molar-refractivity contribution in [2.45, 2.75) is 50.1 Å². The first-order valence-electron chi connectivity index (χ1n) is 9.80. The Balaban J connectivity index is 1.72. The van der Waals surface area contributed by atoms with Crippen molar-refractivity contribution in [1.29, 1.82) is 0 Å². The van der Waals surface area contributed by atoms with Crippen molar-refractivity contribution in [3.8, 4) is 11.5 Å². The van der Waals surface area contributed by atoms with E-state index in [0.29, 0.717) is 6.42 Å². The van der Waals surface area contributed by atoms with E-state index < -0.39 is 0 Å². The number of carbonyl (C=O) groups excluding carboxylic acids is 1. The summed E-state index contributed by atoms with van der Waals surface area (Å²) in [5, 5.41) is 0. The number of amides is 1. The molecule has 0 unspecified atom stereocenters. The molecule has 27 heavy (non-hydrogen) atoms. The number of hydrogen-bond donors (Lipinski definition) is 0. The standard InChI is InChI=1S/C23H25NO3/c1-26-19-12-15-7-5-10-23(18(15)13-20(19)27-2)11-9-21(25)24-14-16-6-3-4-8-17(16)22(23)24/h3-4,6,8,12-13,22H,5,7,9-11,14H2,1-2H3/t22-,23+/m1/s1. The summed E-state index contributed by atoms with van der Waals surface area (Å²) in [6.07, 6.45) is 4.84. The molecule has 0 saturated carbocycles. The number of methoxy groups -OCH3 is 2. The van der Waals surface area contributed by atoms with Crippen LogP contribution in [0.25, 0.3) is 0 Å². The minimum Gasteiger partial charge on any atom is -0.493 e. The fraction of sp³-hybridized carbons (Fsp3) is 0.435. The Bertz CT molecular complexity index is 922. The smallest absolute Gasteiger partial charge is 0.223 e. The maximum Gasteiger partial charge on any atom is 0.223 e. The van der Waals surface area contributed by atoms with Gasteiger partial charge >= 0.3 is 0 Å². The molecule has 4 nitrogen and oxygen atoms in total. The van der Waals surface area contributed by atoms with E-state index in [4.69, 9.17) is 9.47 Å². The summed E-state index contributed by atoms with van der Waals surface area (Å²) in [4.78, 5) is 14.9. The van der Waals surface area contributed by atoms with E-state index in [1.165, 1.54) is 22.3 Å². The molecule has 0 bridgehead atoms. The van der Waals surface area contributed by atoms with Gasteiger partial charge in [0, 0.05) is 18.4 Å². The van der Waals surface area contributed by atoms with Gasteiger partial charge < -0.3 is 14.4 Å². The third kappa shape index (κ3) is 2.25. The fourth-order valence-corrected chi connectivity index (χ4v) is 5.69. The van der Waals surface area contributed by atoms with Crippen molar-refractivity contribution < 1.29 is 14.3 Å². The van der Waals surface area contributed by atoms with Gasteiger partial charge in [-0.25, -0.2) is 0 Å². The first-order valence-corrected chi connectivity index (χ1v) is 9.80. The van der Waals surface area contributed by atoms with Crippen LogP contribution >= 0.6 is 0 Å². The van der Waals surface area contributed by atoms with Crippen LogP contribution in [0.3, 0.4) is 0 Å². The summed E-state index contributed by atoms with van der Waals surface area (Å²) in [6.45, 7) is 0.740. The highest BCUT2D eigenvalue weighted by Crippen LogP contribution is 2.58. The molecular formula is C23H25NO3. The van der Waals surface area contributed by atoms with Gasteiger partial charge in [-0.15, -0.1) is 0 Å². The molecule has 3 aliphatic rings. The Hall–Kier alpha value is -2.49. The van der Waals surface area contributed by atoms with Gasteiger partial charge in [0.05, 0.1) is 20.3 Å². The number of fused-ring (bicyclic) bond motifs is 6. The van der Waals surface area contributed by atoms with Crippen LogP contribution in [0.15, 0.2) is 36.4 Å². The lowest BCUT2D eigenvalue weighted by Gasteiger charge is -2.50. The van der Waals surface area contributed by atoms with E-state index >= 15 is 0 Å². The molecule has 5 rings (SSSR count). The van der Waals surface area contributed by atoms with E-state index in [2.05, 4.69) is 41.3 Å². The third-order valence-electron chi connectivity index (χ3n) is 6.85. The van der Waals surface area contributed by atoms with Gasteiger partial charge in [0.2, 0.25) is 5.91 Å². The summed E-state index contributed by atoms with van der Waals surface area (Å²) < 4.78 is 11.2. The number of rotatable bonds is 2. The van der Waals surface area contributed by atoms with Crippen molar-refractivity contribution >= 4 is 5.91 Å². The van der Waals surface area contributed by atoms with E-state index in [1.54, 1.807) is 14.2 Å². The molecule has 1 saturated heterocycles. The van der Waals surface area contributed by atoms with Crippen molar-refractivity contribution in [1.82, 2.24) is 4.90 Å². The Morgan fingerprint density at radius 2 is 1.78 bits per heavy atom. The van der Waals surface area contributed by atoms with Crippen molar-refractivity contribution in [2.24, 2.45) is 0 Å². The molecule has 2 aromatic rings. The van der Waals surface area contributed by atoms with Gasteiger partial charge in [-0.1, -0.05) is 24.3 Å². The number of hydrogen-bond acceptors (Lipinski definition) is 3. The van der Waals surface area contributed by atoms with Gasteiger partial charge in [-0.2, -0.15) is 0 Å². The number of aryl methyl sites for hydroxylation is 1. The van der Waals surface area contributed by atoms with Crippen LogP contribution in [-0.2, 0) is 23.2 Å². The largest absolute Gasteiger partial charge is 0.493 e. The van der Waals surface area contributed by atoms with E-state index in [-0.39, 0.29) is 17.4 Å². The number of nitrogens with zero attached hydrogens (tertiary/aromatic N) is 1. The normalized spacial score (nSPS) is 25.8. The fourth-order valence-electron chi connectivity index (χ4n) is 5.69. The number of ether oxygens (including phenoxy) is 2. The van der Waals surface area contributed by atoms with Gasteiger partial charge in [0.15, 0.2) is 11.5 Å². The zero-order valence-electron chi connectivity index (χ0n) is 16.0. The molecule has 1 amide bonds. The SMILES string of the molecule is COc1cc2c(cc1OC)[C@]1(CCC2)CCC(=O)N2Cc3ccccc3[C@@H]21. The first-order chi connectivity index (χ1) is 13.2. The Morgan fingerprint density at radius 1 is 1.00 bits per heavy atom. The Morgan fingerprint density at radius 3 is 2.59 bits per heavy atom. The van der Waals surface area contributed by atoms with Crippen LogP contribution in [0.1, 0.15) is 54.0 Å². The lowest BCUT2D eigenvalue weighted by molar-refractivity contribution is -0.140. The zero-order chi connectivity index (χ0) is 18.6. The van der Waals surface area contributed by atoms with Crippen molar-refractivity contribution in [3.63, 3.8) is 0 Å². The molecule has 4 heteroatoms. The molecule has 1 aliphatic carbocycles. The lowest BCUT2D eigenvalue weighted by Crippen LogP contribution is -2.49. The second-order valence-electron chi connectivity index (χ2n) is 8.00. The molecule has 1 spiro atoms. The van der Waals surface area contributed by atoms with Crippen LogP contribution in [0, 0.1) is 0 Å². The van der Waals surface area contributed by atoms with Crippen LogP contribution in [0.5, 0.6) is 11.5 Å². The number of benzene rings is 2. The molecular weight excluding hydrogens is 338 g/mol. The van der Waals surface area contributed by atoms with Crippen LogP contribution in [0.4, 0.5) is 0 Å². The third-order valence-corrected chi connectivity index (χ3v) is 6.85. The van der Waals surface area contributed by atoms with Crippen molar-refractivity contribution in [3.05, 3.63) is 58.7 Å². The highest BCUT2D eigenvalue weighted by atomic mass is 16.5. The molecule has 0 N–H and O–H groups in total. The van der Waals surface area contributed by atoms with E-state index in [0.717, 1.165) is 43.7 Å². The predicted octanol–water partition coefficient (Wildman–Crippen LogP) is 4.16. The van der Waals surface area contributed by atoms with Crippen molar-refractivity contribution in [2.75, 3.05) is 14.2 Å². The maximum absolute atomic E-state index is 12.8. The molecule has 140 valence electrons. The van der Waals surface area contributed by atoms with E-state index in [9.17, 15) is 4.79 Å². The lowest BCUT2D eigenvalue weighted by atomic mass is 9.60. The highest BCUT2D eigenvalue weighted by molar-refractivity contribution is 5.80. The van der Waals surface area contributed by atoms with E-state index in [1.807, 2.05) is 0 Å². The van der Waals surface area contributed by atoms with Gasteiger partial charge in [-0.05, 0) is 60.1 Å². The summed E-state index contributed by atoms with van der Waals surface area (Å²) in [5.74, 6) is 1.87. The minimum atomic E-state index is -0.0341. The molecule has 1 fully saturated rings. The molecule has 0 radical (unpaired) electrons. The predicted molar refractivity (Wildman–Crippen MR) is 103 cm³/mol. The van der Waals surface area contributed by atoms with Gasteiger partial charge in [-0.3, -0.25) is 4.79 Å². The first kappa shape index (κ1) is 16.7. The second-order valence-corrected chi connectivity index (χ2v) is 8.00. The average Bonchev–Trinajstić information content (AvgIpc) is 3.11. The van der Waals surface area contributed by atoms with Crippen LogP contribution in [-0.4, -0.2) is 25.0 Å². The maximum atomic E-state index is 12.8. The summed E-state index contributed by atoms with van der Waals surface area (Å²) in [7, 11) is 3.39. The monoisotopic (exact) mass is 363 g/mol. The summed E-state index contributed by atoms with van der Waals surface area (Å²) >= 11 is 0. The zero-order valence-corrected chi connectivity index (χ0v) is 16.0. The number of piperidine rings is 1. The summed E-state index contributed by atoms with van der Waals surface area (Å²) in [5.41, 5.74) is 5.29. The molecule has 2 aliphatic heterocycles. The molecule has 0 aromatic heterocycles. The van der Waals surface area contributed by atoms with Crippen LogP contribution < -0.4 is 9.47 Å². The van der Waals surface area contributed by atoms with Gasteiger partial charge in [0.1, 0.15) is 0 Å². The van der Waals surface area contributed by atoms with Crippen LogP contribution in [0.2, 0.25) is 0 Å². The minimum absolute atomic E-state index is 0.0341. The quantitative estimate of drug-likeness (QED) is 0.804. The molecule has 2 aromatic carbocycles. The number of carbonyl (C=O) groups is 1. The van der Waals surface area contributed by atoms with Gasteiger partial charge in [0.25, 0.3) is 0 Å². The molecule has 2 heterocycles.